The molecule has 0 aliphatic heterocycles. The Morgan fingerprint density at radius 2 is 1.47 bits per heavy atom. The number of rotatable bonds is 1. The lowest BCUT2D eigenvalue weighted by atomic mass is 9.86. The van der Waals surface area contributed by atoms with Crippen LogP contribution >= 0.6 is 0 Å². The van der Waals surface area contributed by atoms with E-state index < -0.39 is 37.7 Å². The second-order valence-corrected chi connectivity index (χ2v) is 6.08. The lowest BCUT2D eigenvalue weighted by Crippen LogP contribution is -2.13. The largest absolute Gasteiger partial charge is 0.504 e. The maximum Gasteiger partial charge on any atom is 0.298 e. The van der Waals surface area contributed by atoms with Crippen LogP contribution in [0.1, 0.15) is 26.3 Å². The lowest BCUT2D eigenvalue weighted by Gasteiger charge is -2.22. The summed E-state index contributed by atoms with van der Waals surface area (Å²) in [6.07, 6.45) is 0. The summed E-state index contributed by atoms with van der Waals surface area (Å²) in [7, 11) is -4.68. The highest BCUT2D eigenvalue weighted by molar-refractivity contribution is 7.86. The van der Waals surface area contributed by atoms with Crippen molar-refractivity contribution in [3.63, 3.8) is 0 Å². The molecule has 1 aromatic rings. The maximum atomic E-state index is 11.0. The molecular weight excluding hydrogens is 248 g/mol. The van der Waals surface area contributed by atoms with E-state index in [9.17, 15) is 23.7 Å². The van der Waals surface area contributed by atoms with E-state index in [1.165, 1.54) is 0 Å². The summed E-state index contributed by atoms with van der Waals surface area (Å²) in [6.45, 7) is 5.02. The summed E-state index contributed by atoms with van der Waals surface area (Å²) in [6, 6.07) is 0.930. The van der Waals surface area contributed by atoms with Gasteiger partial charge in [0.1, 0.15) is 4.90 Å². The van der Waals surface area contributed by atoms with Crippen LogP contribution in [0.15, 0.2) is 11.0 Å². The molecule has 0 atom stereocenters. The second kappa shape index (κ2) is 3.78. The Morgan fingerprint density at radius 1 is 1.00 bits per heavy atom. The summed E-state index contributed by atoms with van der Waals surface area (Å²) in [5.41, 5.74) is -0.574. The molecule has 0 bridgehead atoms. The summed E-state index contributed by atoms with van der Waals surface area (Å²) in [5, 5.41) is 28.4. The molecule has 0 unspecified atom stereocenters. The summed E-state index contributed by atoms with van der Waals surface area (Å²) in [5.74, 6) is -2.65. The molecular formula is C10H14O6S. The molecule has 0 amide bonds. The highest BCUT2D eigenvalue weighted by atomic mass is 32.2. The molecule has 0 heterocycles. The van der Waals surface area contributed by atoms with Gasteiger partial charge in [-0.1, -0.05) is 20.8 Å². The molecule has 0 fully saturated rings. The minimum absolute atomic E-state index is 0.0976. The van der Waals surface area contributed by atoms with Gasteiger partial charge in [-0.2, -0.15) is 8.42 Å². The Bertz CT molecular complexity index is 553. The predicted octanol–water partition coefficient (Wildman–Crippen LogP) is 1.35. The molecule has 4 N–H and O–H groups in total. The minimum Gasteiger partial charge on any atom is -0.504 e. The van der Waals surface area contributed by atoms with Crippen molar-refractivity contribution in [1.82, 2.24) is 0 Å². The summed E-state index contributed by atoms with van der Waals surface area (Å²) >= 11 is 0. The molecule has 0 aromatic heterocycles. The van der Waals surface area contributed by atoms with Gasteiger partial charge in [0.05, 0.1) is 0 Å². The first-order valence-electron chi connectivity index (χ1n) is 4.72. The first-order valence-corrected chi connectivity index (χ1v) is 6.16. The predicted molar refractivity (Wildman–Crippen MR) is 60.0 cm³/mol. The molecule has 0 spiro atoms. The van der Waals surface area contributed by atoms with Gasteiger partial charge in [0, 0.05) is 5.56 Å². The van der Waals surface area contributed by atoms with Gasteiger partial charge in [-0.15, -0.1) is 0 Å². The smallest absolute Gasteiger partial charge is 0.298 e. The summed E-state index contributed by atoms with van der Waals surface area (Å²) in [4.78, 5) is -0.835. The first kappa shape index (κ1) is 13.6. The fourth-order valence-corrected chi connectivity index (χ4v) is 2.00. The van der Waals surface area contributed by atoms with Crippen molar-refractivity contribution in [3.8, 4) is 17.2 Å². The van der Waals surface area contributed by atoms with Gasteiger partial charge in [0.2, 0.25) is 5.75 Å². The van der Waals surface area contributed by atoms with E-state index in [0.717, 1.165) is 6.07 Å². The van der Waals surface area contributed by atoms with E-state index in [1.807, 2.05) is 0 Å². The topological polar surface area (TPSA) is 115 Å². The molecule has 6 nitrogen and oxygen atoms in total. The molecule has 0 aliphatic carbocycles. The third kappa shape index (κ3) is 2.45. The zero-order valence-corrected chi connectivity index (χ0v) is 10.4. The van der Waals surface area contributed by atoms with Crippen molar-refractivity contribution in [2.45, 2.75) is 31.1 Å². The highest BCUT2D eigenvalue weighted by Gasteiger charge is 2.28. The van der Waals surface area contributed by atoms with Crippen molar-refractivity contribution in [2.75, 3.05) is 0 Å². The van der Waals surface area contributed by atoms with E-state index in [4.69, 9.17) is 4.55 Å². The zero-order valence-electron chi connectivity index (χ0n) is 9.59. The van der Waals surface area contributed by atoms with Crippen molar-refractivity contribution < 1.29 is 28.3 Å². The quantitative estimate of drug-likeness (QED) is 0.448. The number of aromatic hydroxyl groups is 3. The van der Waals surface area contributed by atoms with Gasteiger partial charge in [0.15, 0.2) is 11.5 Å². The Morgan fingerprint density at radius 3 is 1.82 bits per heavy atom. The molecule has 7 heteroatoms. The third-order valence-corrected chi connectivity index (χ3v) is 3.17. The van der Waals surface area contributed by atoms with Gasteiger partial charge in [0.25, 0.3) is 10.1 Å². The van der Waals surface area contributed by atoms with Crippen LogP contribution in [-0.4, -0.2) is 28.3 Å². The molecule has 0 aliphatic rings. The SMILES string of the molecule is CC(C)(C)c1cc(S(=O)(=O)O)c(O)c(O)c1O. The Hall–Kier alpha value is -1.47. The van der Waals surface area contributed by atoms with Crippen LogP contribution in [0.2, 0.25) is 0 Å². The van der Waals surface area contributed by atoms with Crippen LogP contribution in [0.25, 0.3) is 0 Å². The number of phenols is 3. The van der Waals surface area contributed by atoms with Gasteiger partial charge >= 0.3 is 0 Å². The van der Waals surface area contributed by atoms with E-state index in [-0.39, 0.29) is 5.56 Å². The van der Waals surface area contributed by atoms with Crippen LogP contribution in [0.3, 0.4) is 0 Å². The molecule has 0 saturated heterocycles. The minimum atomic E-state index is -4.68. The maximum absolute atomic E-state index is 11.0. The first-order chi connectivity index (χ1) is 7.46. The normalized spacial score (nSPS) is 12.7. The second-order valence-electron chi connectivity index (χ2n) is 4.69. The van der Waals surface area contributed by atoms with Crippen LogP contribution in [0, 0.1) is 0 Å². The van der Waals surface area contributed by atoms with E-state index in [2.05, 4.69) is 0 Å². The van der Waals surface area contributed by atoms with Crippen molar-refractivity contribution in [1.29, 1.82) is 0 Å². The van der Waals surface area contributed by atoms with Gasteiger partial charge in [-0.3, -0.25) is 4.55 Å². The van der Waals surface area contributed by atoms with Gasteiger partial charge in [-0.05, 0) is 11.5 Å². The van der Waals surface area contributed by atoms with E-state index in [0.29, 0.717) is 0 Å². The zero-order chi connectivity index (χ0) is 13.6. The molecule has 0 radical (unpaired) electrons. The van der Waals surface area contributed by atoms with Crippen molar-refractivity contribution >= 4 is 10.1 Å². The Kier molecular flexibility index (Phi) is 3.02. The fourth-order valence-electron chi connectivity index (χ4n) is 1.39. The van der Waals surface area contributed by atoms with Crippen molar-refractivity contribution in [2.24, 2.45) is 0 Å². The molecule has 17 heavy (non-hydrogen) atoms. The van der Waals surface area contributed by atoms with E-state index in [1.54, 1.807) is 20.8 Å². The lowest BCUT2D eigenvalue weighted by molar-refractivity contribution is 0.350. The monoisotopic (exact) mass is 262 g/mol. The van der Waals surface area contributed by atoms with Gasteiger partial charge in [-0.25, -0.2) is 0 Å². The molecule has 0 saturated carbocycles. The van der Waals surface area contributed by atoms with Crippen LogP contribution < -0.4 is 0 Å². The average Bonchev–Trinajstić information content (AvgIpc) is 2.10. The Labute approximate surface area is 98.9 Å². The molecule has 96 valence electrons. The standard InChI is InChI=1S/C10H14O6S/c1-10(2,3)5-4-6(17(14,15)16)8(12)9(13)7(5)11/h4,11-13H,1-3H3,(H,14,15,16). The number of phenolic OH excluding ortho intramolecular Hbond substituents is 3. The van der Waals surface area contributed by atoms with E-state index >= 15 is 0 Å². The summed E-state index contributed by atoms with van der Waals surface area (Å²) < 4.78 is 30.9. The fraction of sp³-hybridized carbons (Fsp3) is 0.400. The van der Waals surface area contributed by atoms with Crippen LogP contribution in [0.4, 0.5) is 0 Å². The van der Waals surface area contributed by atoms with Crippen LogP contribution in [-0.2, 0) is 15.5 Å². The van der Waals surface area contributed by atoms with Crippen LogP contribution in [0.5, 0.6) is 17.2 Å². The highest BCUT2D eigenvalue weighted by Crippen LogP contribution is 2.45. The average molecular weight is 262 g/mol. The van der Waals surface area contributed by atoms with Crippen molar-refractivity contribution in [3.05, 3.63) is 11.6 Å². The molecule has 1 aromatic carbocycles. The number of benzene rings is 1. The third-order valence-electron chi connectivity index (χ3n) is 2.30. The number of hydrogen-bond donors (Lipinski definition) is 4. The number of hydrogen-bond acceptors (Lipinski definition) is 5. The molecule has 1 rings (SSSR count). The Balaban J connectivity index is 3.75. The van der Waals surface area contributed by atoms with Gasteiger partial charge < -0.3 is 15.3 Å².